The average Bonchev–Trinajstić information content (AvgIpc) is 2.80. The van der Waals surface area contributed by atoms with Gasteiger partial charge in [0.1, 0.15) is 0 Å². The van der Waals surface area contributed by atoms with Gasteiger partial charge in [-0.1, -0.05) is 50.8 Å². The van der Waals surface area contributed by atoms with Crippen molar-refractivity contribution in [1.29, 1.82) is 0 Å². The van der Waals surface area contributed by atoms with Gasteiger partial charge in [0.2, 0.25) is 0 Å². The van der Waals surface area contributed by atoms with Crippen LogP contribution in [0.5, 0.6) is 0 Å². The van der Waals surface area contributed by atoms with E-state index < -0.39 is 0 Å². The van der Waals surface area contributed by atoms with Crippen molar-refractivity contribution < 1.29 is 14.3 Å². The molecule has 0 radical (unpaired) electrons. The molecule has 0 aliphatic heterocycles. The molecule has 8 heteroatoms. The van der Waals surface area contributed by atoms with Crippen molar-refractivity contribution in [2.45, 2.75) is 83.0 Å². The summed E-state index contributed by atoms with van der Waals surface area (Å²) in [6.45, 7) is 4.73. The number of carbonyl (C=O) groups is 2. The minimum absolute atomic E-state index is 0.0847. The first-order valence-corrected chi connectivity index (χ1v) is 12.7. The molecule has 0 unspecified atom stereocenters. The maximum Gasteiger partial charge on any atom is 0.316 e. The van der Waals surface area contributed by atoms with Crippen LogP contribution >= 0.6 is 11.8 Å². The van der Waals surface area contributed by atoms with Gasteiger partial charge < -0.3 is 10.1 Å². The summed E-state index contributed by atoms with van der Waals surface area (Å²) in [7, 11) is 0. The Morgan fingerprint density at radius 2 is 1.97 bits per heavy atom. The molecule has 1 aromatic carbocycles. The highest BCUT2D eigenvalue weighted by atomic mass is 32.2. The van der Waals surface area contributed by atoms with Crippen LogP contribution in [0, 0.1) is 0 Å². The molecule has 0 saturated heterocycles. The monoisotopic (exact) mass is 459 g/mol. The SMILES string of the molecule is CCCCCn1c(SCC(=O)OCC)nc2cc(C(=O)NC3CCCCC3)ccc2c1=O. The van der Waals surface area contributed by atoms with E-state index in [1.165, 1.54) is 18.2 Å². The highest BCUT2D eigenvalue weighted by Gasteiger charge is 2.19. The normalized spacial score (nSPS) is 14.4. The summed E-state index contributed by atoms with van der Waals surface area (Å²) in [4.78, 5) is 42.5. The number of aromatic nitrogens is 2. The van der Waals surface area contributed by atoms with Crippen molar-refractivity contribution in [3.63, 3.8) is 0 Å². The molecule has 0 atom stereocenters. The second kappa shape index (κ2) is 12.0. The number of thioether (sulfide) groups is 1. The van der Waals surface area contributed by atoms with Gasteiger partial charge in [0.15, 0.2) is 5.16 Å². The number of ether oxygens (including phenoxy) is 1. The number of esters is 1. The molecule has 174 valence electrons. The van der Waals surface area contributed by atoms with Crippen molar-refractivity contribution in [3.8, 4) is 0 Å². The highest BCUT2D eigenvalue weighted by molar-refractivity contribution is 7.99. The molecule has 0 bridgehead atoms. The standard InChI is InChI=1S/C24H33N3O4S/c1-3-5-9-14-27-23(30)19-13-12-17(22(29)25-18-10-7-6-8-11-18)15-20(19)26-24(27)32-16-21(28)31-4-2/h12-13,15,18H,3-11,14,16H2,1-2H3,(H,25,29). The van der Waals surface area contributed by atoms with E-state index in [2.05, 4.69) is 17.2 Å². The summed E-state index contributed by atoms with van der Waals surface area (Å²) in [6, 6.07) is 5.28. The van der Waals surface area contributed by atoms with E-state index in [1.807, 2.05) is 0 Å². The number of fused-ring (bicyclic) bond motifs is 1. The van der Waals surface area contributed by atoms with Crippen LogP contribution < -0.4 is 10.9 Å². The molecule has 3 rings (SSSR count). The predicted molar refractivity (Wildman–Crippen MR) is 127 cm³/mol. The Morgan fingerprint density at radius 3 is 2.69 bits per heavy atom. The van der Waals surface area contributed by atoms with E-state index in [9.17, 15) is 14.4 Å². The van der Waals surface area contributed by atoms with Gasteiger partial charge in [-0.3, -0.25) is 19.0 Å². The summed E-state index contributed by atoms with van der Waals surface area (Å²) in [5, 5.41) is 4.08. The van der Waals surface area contributed by atoms with Crippen molar-refractivity contribution in [2.75, 3.05) is 12.4 Å². The molecule has 1 heterocycles. The molecule has 0 spiro atoms. The number of amides is 1. The third-order valence-corrected chi connectivity index (χ3v) is 6.68. The van der Waals surface area contributed by atoms with Crippen molar-refractivity contribution in [3.05, 3.63) is 34.1 Å². The van der Waals surface area contributed by atoms with Crippen LogP contribution in [-0.2, 0) is 16.1 Å². The Hall–Kier alpha value is -2.35. The Bertz CT molecular complexity index is 999. The van der Waals surface area contributed by atoms with E-state index in [0.717, 1.165) is 44.9 Å². The molecule has 1 saturated carbocycles. The lowest BCUT2D eigenvalue weighted by atomic mass is 9.95. The largest absolute Gasteiger partial charge is 0.465 e. The van der Waals surface area contributed by atoms with Crippen LogP contribution in [0.2, 0.25) is 0 Å². The summed E-state index contributed by atoms with van der Waals surface area (Å²) < 4.78 is 6.66. The molecule has 1 N–H and O–H groups in total. The summed E-state index contributed by atoms with van der Waals surface area (Å²) in [5.74, 6) is -0.387. The second-order valence-corrected chi connectivity index (χ2v) is 9.13. The van der Waals surface area contributed by atoms with E-state index in [-0.39, 0.29) is 29.2 Å². The van der Waals surface area contributed by atoms with Crippen molar-refractivity contribution in [1.82, 2.24) is 14.9 Å². The maximum atomic E-state index is 13.2. The fourth-order valence-corrected chi connectivity index (χ4v) is 4.83. The first-order chi connectivity index (χ1) is 15.5. The minimum Gasteiger partial charge on any atom is -0.465 e. The lowest BCUT2D eigenvalue weighted by Crippen LogP contribution is -2.36. The van der Waals surface area contributed by atoms with Gasteiger partial charge in [0, 0.05) is 18.2 Å². The first kappa shape index (κ1) is 24.3. The molecular weight excluding hydrogens is 426 g/mol. The molecule has 7 nitrogen and oxygen atoms in total. The fraction of sp³-hybridized carbons (Fsp3) is 0.583. The fourth-order valence-electron chi connectivity index (χ4n) is 4.01. The molecule has 1 aromatic heterocycles. The molecule has 1 aliphatic rings. The molecule has 1 amide bonds. The molecule has 32 heavy (non-hydrogen) atoms. The van der Waals surface area contributed by atoms with E-state index in [1.54, 1.807) is 29.7 Å². The zero-order valence-electron chi connectivity index (χ0n) is 19.0. The number of hydrogen-bond acceptors (Lipinski definition) is 6. The topological polar surface area (TPSA) is 90.3 Å². The Morgan fingerprint density at radius 1 is 1.19 bits per heavy atom. The number of benzene rings is 1. The van der Waals surface area contributed by atoms with Crippen LogP contribution in [0.4, 0.5) is 0 Å². The quantitative estimate of drug-likeness (QED) is 0.246. The van der Waals surface area contributed by atoms with Gasteiger partial charge in [0.25, 0.3) is 11.5 Å². The van der Waals surface area contributed by atoms with E-state index >= 15 is 0 Å². The second-order valence-electron chi connectivity index (χ2n) is 8.19. The van der Waals surface area contributed by atoms with Gasteiger partial charge in [-0.05, 0) is 44.4 Å². The van der Waals surface area contributed by atoms with E-state index in [4.69, 9.17) is 4.74 Å². The van der Waals surface area contributed by atoms with Crippen molar-refractivity contribution in [2.24, 2.45) is 0 Å². The van der Waals surface area contributed by atoms with Gasteiger partial charge in [-0.15, -0.1) is 0 Å². The average molecular weight is 460 g/mol. The van der Waals surface area contributed by atoms with E-state index in [0.29, 0.717) is 34.8 Å². The van der Waals surface area contributed by atoms with Crippen LogP contribution in [0.1, 0.15) is 75.6 Å². The minimum atomic E-state index is -0.340. The zero-order chi connectivity index (χ0) is 22.9. The number of carbonyl (C=O) groups excluding carboxylic acids is 2. The van der Waals surface area contributed by atoms with Crippen LogP contribution in [0.3, 0.4) is 0 Å². The first-order valence-electron chi connectivity index (χ1n) is 11.7. The van der Waals surface area contributed by atoms with Crippen molar-refractivity contribution >= 4 is 34.5 Å². The van der Waals surface area contributed by atoms with Crippen LogP contribution in [0.25, 0.3) is 10.9 Å². The Kier molecular flexibility index (Phi) is 9.14. The number of hydrogen-bond donors (Lipinski definition) is 1. The lowest BCUT2D eigenvalue weighted by molar-refractivity contribution is -0.139. The Labute approximate surface area is 193 Å². The zero-order valence-corrected chi connectivity index (χ0v) is 19.8. The number of unbranched alkanes of at least 4 members (excludes halogenated alkanes) is 2. The highest BCUT2D eigenvalue weighted by Crippen LogP contribution is 2.21. The maximum absolute atomic E-state index is 13.2. The van der Waals surface area contributed by atoms with Gasteiger partial charge in [0.05, 0.1) is 23.3 Å². The summed E-state index contributed by atoms with van der Waals surface area (Å²) in [5.41, 5.74) is 0.834. The summed E-state index contributed by atoms with van der Waals surface area (Å²) in [6.07, 6.45) is 8.43. The summed E-state index contributed by atoms with van der Waals surface area (Å²) >= 11 is 1.20. The van der Waals surface area contributed by atoms with Gasteiger partial charge in [-0.2, -0.15) is 0 Å². The predicted octanol–water partition coefficient (Wildman–Crippen LogP) is 4.30. The lowest BCUT2D eigenvalue weighted by Gasteiger charge is -2.22. The van der Waals surface area contributed by atoms with Crippen LogP contribution in [-0.4, -0.2) is 39.8 Å². The molecular formula is C24H33N3O4S. The molecule has 1 fully saturated rings. The number of rotatable bonds is 10. The number of nitrogens with one attached hydrogen (secondary N) is 1. The van der Waals surface area contributed by atoms with Crippen LogP contribution in [0.15, 0.2) is 28.2 Å². The van der Waals surface area contributed by atoms with Gasteiger partial charge in [-0.25, -0.2) is 4.98 Å². The molecule has 1 aliphatic carbocycles. The third kappa shape index (κ3) is 6.34. The molecule has 2 aromatic rings. The number of nitrogens with zero attached hydrogens (tertiary/aromatic N) is 2. The smallest absolute Gasteiger partial charge is 0.316 e. The van der Waals surface area contributed by atoms with Gasteiger partial charge >= 0.3 is 5.97 Å². The Balaban J connectivity index is 1.88. The third-order valence-electron chi connectivity index (χ3n) is 5.73.